The molecule has 1 aromatic carbocycles. The molecule has 0 bridgehead atoms. The van der Waals surface area contributed by atoms with Gasteiger partial charge in [-0.3, -0.25) is 4.79 Å². The van der Waals surface area contributed by atoms with Crippen LogP contribution in [0.4, 0.5) is 8.78 Å². The van der Waals surface area contributed by atoms with E-state index in [2.05, 4.69) is 4.74 Å². The molecular weight excluding hydrogens is 222 g/mol. The van der Waals surface area contributed by atoms with Crippen LogP contribution in [0.15, 0.2) is 6.07 Å². The number of phenols is 1. The monoisotopic (exact) mass is 232 g/mol. The van der Waals surface area contributed by atoms with Gasteiger partial charge in [-0.1, -0.05) is 0 Å². The highest BCUT2D eigenvalue weighted by Gasteiger charge is 2.27. The number of methoxy groups -OCH3 is 1. The Balaban J connectivity index is 3.47. The standard InChI is InChI=1S/C10H10F2O4/c1-4(10(14)15)7-8(12)5(11)3-6(16-2)9(7)13/h3-4,13H,1-2H3,(H,14,15). The summed E-state index contributed by atoms with van der Waals surface area (Å²) in [7, 11) is 1.15. The summed E-state index contributed by atoms with van der Waals surface area (Å²) in [5.74, 6) is -6.39. The van der Waals surface area contributed by atoms with Gasteiger partial charge in [-0.25, -0.2) is 8.78 Å². The van der Waals surface area contributed by atoms with Gasteiger partial charge in [0.25, 0.3) is 0 Å². The predicted octanol–water partition coefficient (Wildman–Crippen LogP) is 1.87. The van der Waals surface area contributed by atoms with Gasteiger partial charge in [-0.05, 0) is 6.92 Å². The summed E-state index contributed by atoms with van der Waals surface area (Å²) < 4.78 is 31.0. The van der Waals surface area contributed by atoms with Crippen LogP contribution in [0.25, 0.3) is 0 Å². The Kier molecular flexibility index (Phi) is 3.31. The van der Waals surface area contributed by atoms with Crippen LogP contribution in [-0.2, 0) is 4.79 Å². The Morgan fingerprint density at radius 1 is 1.50 bits per heavy atom. The smallest absolute Gasteiger partial charge is 0.310 e. The van der Waals surface area contributed by atoms with Gasteiger partial charge >= 0.3 is 5.97 Å². The maximum Gasteiger partial charge on any atom is 0.310 e. The maximum atomic E-state index is 13.3. The van der Waals surface area contributed by atoms with Crippen LogP contribution in [0.5, 0.6) is 11.5 Å². The van der Waals surface area contributed by atoms with Crippen molar-refractivity contribution >= 4 is 5.97 Å². The second-order valence-corrected chi connectivity index (χ2v) is 3.20. The minimum Gasteiger partial charge on any atom is -0.504 e. The van der Waals surface area contributed by atoms with Gasteiger partial charge < -0.3 is 14.9 Å². The first kappa shape index (κ1) is 12.2. The van der Waals surface area contributed by atoms with Crippen molar-refractivity contribution in [1.29, 1.82) is 0 Å². The number of aliphatic carboxylic acids is 1. The number of rotatable bonds is 3. The molecule has 1 rings (SSSR count). The van der Waals surface area contributed by atoms with E-state index in [0.717, 1.165) is 14.0 Å². The molecule has 1 aromatic rings. The average molecular weight is 232 g/mol. The quantitative estimate of drug-likeness (QED) is 0.834. The molecule has 4 nitrogen and oxygen atoms in total. The number of phenolic OH excluding ortho intramolecular Hbond substituents is 1. The Morgan fingerprint density at radius 3 is 2.50 bits per heavy atom. The van der Waals surface area contributed by atoms with E-state index in [9.17, 15) is 18.7 Å². The SMILES string of the molecule is COc1cc(F)c(F)c(C(C)C(=O)O)c1O. The molecule has 0 spiro atoms. The highest BCUT2D eigenvalue weighted by molar-refractivity contribution is 5.77. The lowest BCUT2D eigenvalue weighted by Gasteiger charge is -2.13. The van der Waals surface area contributed by atoms with Crippen molar-refractivity contribution in [2.45, 2.75) is 12.8 Å². The second kappa shape index (κ2) is 4.34. The number of benzene rings is 1. The van der Waals surface area contributed by atoms with Crippen LogP contribution in [-0.4, -0.2) is 23.3 Å². The van der Waals surface area contributed by atoms with E-state index in [1.54, 1.807) is 0 Å². The average Bonchev–Trinajstić information content (AvgIpc) is 2.23. The molecule has 1 atom stereocenters. The van der Waals surface area contributed by atoms with Crippen LogP contribution < -0.4 is 4.74 Å². The fourth-order valence-corrected chi connectivity index (χ4v) is 1.29. The number of hydrogen-bond donors (Lipinski definition) is 2. The minimum absolute atomic E-state index is 0.304. The molecule has 2 N–H and O–H groups in total. The number of halogens is 2. The summed E-state index contributed by atoms with van der Waals surface area (Å²) in [6, 6.07) is 0.655. The summed E-state index contributed by atoms with van der Waals surface area (Å²) >= 11 is 0. The molecular formula is C10H10F2O4. The van der Waals surface area contributed by atoms with Crippen LogP contribution in [0, 0.1) is 11.6 Å². The van der Waals surface area contributed by atoms with Gasteiger partial charge in [0.1, 0.15) is 0 Å². The van der Waals surface area contributed by atoms with Crippen molar-refractivity contribution in [3.63, 3.8) is 0 Å². The molecule has 0 fully saturated rings. The van der Waals surface area contributed by atoms with E-state index in [4.69, 9.17) is 5.11 Å². The number of aromatic hydroxyl groups is 1. The lowest BCUT2D eigenvalue weighted by molar-refractivity contribution is -0.138. The Bertz CT molecular complexity index is 431. The Morgan fingerprint density at radius 2 is 2.06 bits per heavy atom. The number of hydrogen-bond acceptors (Lipinski definition) is 3. The summed E-state index contributed by atoms with van der Waals surface area (Å²) in [6.45, 7) is 1.14. The van der Waals surface area contributed by atoms with Crippen molar-refractivity contribution < 1.29 is 28.5 Å². The van der Waals surface area contributed by atoms with E-state index in [-0.39, 0.29) is 5.75 Å². The number of carboxylic acids is 1. The molecule has 0 aliphatic heterocycles. The Labute approximate surface area is 90.1 Å². The van der Waals surface area contributed by atoms with E-state index < -0.39 is 34.8 Å². The van der Waals surface area contributed by atoms with Gasteiger partial charge in [0.2, 0.25) is 0 Å². The Hall–Kier alpha value is -1.85. The third kappa shape index (κ3) is 1.91. The summed E-state index contributed by atoms with van der Waals surface area (Å²) in [4.78, 5) is 10.7. The summed E-state index contributed by atoms with van der Waals surface area (Å²) in [5.41, 5.74) is -0.621. The maximum absolute atomic E-state index is 13.3. The van der Waals surface area contributed by atoms with Crippen LogP contribution in [0.3, 0.4) is 0 Å². The molecule has 0 saturated heterocycles. The van der Waals surface area contributed by atoms with E-state index in [1.165, 1.54) is 0 Å². The third-order valence-electron chi connectivity index (χ3n) is 2.22. The summed E-state index contributed by atoms with van der Waals surface area (Å²) in [5, 5.41) is 18.2. The second-order valence-electron chi connectivity index (χ2n) is 3.20. The van der Waals surface area contributed by atoms with Crippen LogP contribution in [0.1, 0.15) is 18.4 Å². The van der Waals surface area contributed by atoms with Gasteiger partial charge in [0.15, 0.2) is 23.1 Å². The zero-order valence-corrected chi connectivity index (χ0v) is 8.62. The first-order valence-electron chi connectivity index (χ1n) is 4.37. The molecule has 1 unspecified atom stereocenters. The highest BCUT2D eigenvalue weighted by atomic mass is 19.2. The van der Waals surface area contributed by atoms with Crippen molar-refractivity contribution in [3.8, 4) is 11.5 Å². The normalized spacial score (nSPS) is 12.2. The molecule has 88 valence electrons. The number of carboxylic acid groups (broad SMARTS) is 1. The van der Waals surface area contributed by atoms with E-state index in [0.29, 0.717) is 6.07 Å². The molecule has 0 heterocycles. The lowest BCUT2D eigenvalue weighted by Crippen LogP contribution is -2.11. The van der Waals surface area contributed by atoms with Gasteiger partial charge in [-0.2, -0.15) is 0 Å². The lowest BCUT2D eigenvalue weighted by atomic mass is 9.99. The van der Waals surface area contributed by atoms with Crippen molar-refractivity contribution in [2.24, 2.45) is 0 Å². The van der Waals surface area contributed by atoms with Crippen LogP contribution >= 0.6 is 0 Å². The first-order valence-corrected chi connectivity index (χ1v) is 4.37. The molecule has 16 heavy (non-hydrogen) atoms. The molecule has 0 saturated carbocycles. The topological polar surface area (TPSA) is 66.8 Å². The third-order valence-corrected chi connectivity index (χ3v) is 2.22. The highest BCUT2D eigenvalue weighted by Crippen LogP contribution is 2.37. The predicted molar refractivity (Wildman–Crippen MR) is 50.6 cm³/mol. The first-order chi connectivity index (χ1) is 7.40. The zero-order chi connectivity index (χ0) is 12.5. The minimum atomic E-state index is -1.38. The molecule has 6 heteroatoms. The number of carbonyl (C=O) groups is 1. The molecule has 0 aliphatic carbocycles. The summed E-state index contributed by atoms with van der Waals surface area (Å²) in [6.07, 6.45) is 0. The molecule has 0 amide bonds. The van der Waals surface area contributed by atoms with Crippen molar-refractivity contribution in [1.82, 2.24) is 0 Å². The fraction of sp³-hybridized carbons (Fsp3) is 0.300. The molecule has 0 aliphatic rings. The van der Waals surface area contributed by atoms with Crippen molar-refractivity contribution in [3.05, 3.63) is 23.3 Å². The van der Waals surface area contributed by atoms with Gasteiger partial charge in [0, 0.05) is 6.07 Å². The largest absolute Gasteiger partial charge is 0.504 e. The molecule has 0 aromatic heterocycles. The van der Waals surface area contributed by atoms with Gasteiger partial charge in [-0.15, -0.1) is 0 Å². The fourth-order valence-electron chi connectivity index (χ4n) is 1.29. The zero-order valence-electron chi connectivity index (χ0n) is 8.62. The van der Waals surface area contributed by atoms with Crippen molar-refractivity contribution in [2.75, 3.05) is 7.11 Å². The van der Waals surface area contributed by atoms with E-state index >= 15 is 0 Å². The molecule has 0 radical (unpaired) electrons. The number of ether oxygens (including phenoxy) is 1. The van der Waals surface area contributed by atoms with Crippen LogP contribution in [0.2, 0.25) is 0 Å². The van der Waals surface area contributed by atoms with Gasteiger partial charge in [0.05, 0.1) is 18.6 Å². The van der Waals surface area contributed by atoms with E-state index in [1.807, 2.05) is 0 Å².